The second-order valence-corrected chi connectivity index (χ2v) is 16.1. The van der Waals surface area contributed by atoms with Crippen molar-refractivity contribution < 1.29 is 37.1 Å². The lowest BCUT2D eigenvalue weighted by Crippen LogP contribution is -2.53. The molecule has 310 valence electrons. The molecule has 4 aliphatic rings. The number of imide groups is 1. The van der Waals surface area contributed by atoms with Gasteiger partial charge in [-0.1, -0.05) is 30.3 Å². The molecule has 7 rings (SSSR count). The van der Waals surface area contributed by atoms with E-state index in [1.807, 2.05) is 34.9 Å². The summed E-state index contributed by atoms with van der Waals surface area (Å²) in [4.78, 5) is 59.9. The van der Waals surface area contributed by atoms with Gasteiger partial charge in [0.25, 0.3) is 11.8 Å². The Kier molecular flexibility index (Phi) is 13.3. The summed E-state index contributed by atoms with van der Waals surface area (Å²) in [7, 11) is 0. The third-order valence-corrected chi connectivity index (χ3v) is 12.0. The van der Waals surface area contributed by atoms with Gasteiger partial charge in [0, 0.05) is 94.3 Å². The van der Waals surface area contributed by atoms with E-state index in [0.29, 0.717) is 77.2 Å². The molecule has 2 aromatic carbocycles. The highest BCUT2D eigenvalue weighted by atomic mass is 19.1. The number of ether oxygens (including phenoxy) is 1. The Morgan fingerprint density at radius 1 is 0.983 bits per heavy atom. The molecule has 3 aromatic rings. The summed E-state index contributed by atoms with van der Waals surface area (Å²) in [6.07, 6.45) is 6.91. The zero-order valence-electron chi connectivity index (χ0n) is 32.8. The lowest BCUT2D eigenvalue weighted by atomic mass is 9.81. The molecule has 3 aliphatic heterocycles. The van der Waals surface area contributed by atoms with Crippen LogP contribution in [0.25, 0.3) is 11.3 Å². The van der Waals surface area contributed by atoms with Crippen LogP contribution in [0.2, 0.25) is 0 Å². The van der Waals surface area contributed by atoms with E-state index in [-0.39, 0.29) is 66.4 Å². The Hall–Kier alpha value is -5.02. The summed E-state index contributed by atoms with van der Waals surface area (Å²) in [6, 6.07) is 11.2. The highest BCUT2D eigenvalue weighted by molar-refractivity contribution is 6.12. The number of hydrogen-bond donors (Lipinski definition) is 3. The van der Waals surface area contributed by atoms with E-state index in [4.69, 9.17) is 9.72 Å². The number of carbonyl (C=O) groups excluding carboxylic acids is 4. The Morgan fingerprint density at radius 3 is 2.40 bits per heavy atom. The minimum Gasteiger partial charge on any atom is -0.381 e. The molecule has 1 saturated carbocycles. The maximum absolute atomic E-state index is 15.4. The van der Waals surface area contributed by atoms with E-state index in [0.717, 1.165) is 23.8 Å². The first-order chi connectivity index (χ1) is 28.0. The Morgan fingerprint density at radius 2 is 1.71 bits per heavy atom. The normalized spacial score (nSPS) is 23.6. The quantitative estimate of drug-likeness (QED) is 0.192. The van der Waals surface area contributed by atoms with Crippen molar-refractivity contribution in [3.05, 3.63) is 89.9 Å². The highest BCUT2D eigenvalue weighted by Gasteiger charge is 2.41. The standard InChI is InChI=1S/C43H52F3N7O5/c1-27(20-48-42(56)31-9-7-29(8-10-31)24-52-38(54)13-14-39(52)55)49-43(57)53(25-32-21-47-22-36(32)46)40(30-15-17-58-18-16-30)41-50-37(34-19-33(44)11-12-35(34)45)26-51(41)23-28-5-3-2-4-6-28/h2-6,11-14,19,26-27,29-32,36,40,47H,7-10,15-18,20-25H2,1H3,(H,48,56)(H,49,57)/t27-,29?,31?,32-,36-,40+/m0/s1. The van der Waals surface area contributed by atoms with Gasteiger partial charge >= 0.3 is 6.03 Å². The largest absolute Gasteiger partial charge is 0.381 e. The molecule has 4 atom stereocenters. The number of nitrogens with zero attached hydrogens (tertiary/aromatic N) is 4. The van der Waals surface area contributed by atoms with Crippen molar-refractivity contribution in [2.75, 3.05) is 45.9 Å². The summed E-state index contributed by atoms with van der Waals surface area (Å²) in [6.45, 7) is 4.16. The smallest absolute Gasteiger partial charge is 0.318 e. The molecule has 15 heteroatoms. The van der Waals surface area contributed by atoms with Crippen molar-refractivity contribution in [3.8, 4) is 11.3 Å². The second kappa shape index (κ2) is 18.7. The third-order valence-electron chi connectivity index (χ3n) is 12.0. The van der Waals surface area contributed by atoms with Crippen LogP contribution in [0.4, 0.5) is 18.0 Å². The van der Waals surface area contributed by atoms with E-state index in [2.05, 4.69) is 16.0 Å². The zero-order chi connectivity index (χ0) is 40.8. The van der Waals surface area contributed by atoms with Gasteiger partial charge < -0.3 is 30.2 Å². The maximum atomic E-state index is 15.4. The molecule has 1 aliphatic carbocycles. The van der Waals surface area contributed by atoms with Crippen molar-refractivity contribution in [1.82, 2.24) is 35.3 Å². The van der Waals surface area contributed by atoms with Crippen molar-refractivity contribution in [2.45, 2.75) is 70.2 Å². The van der Waals surface area contributed by atoms with Gasteiger partial charge in [-0.15, -0.1) is 0 Å². The molecular weight excluding hydrogens is 752 g/mol. The van der Waals surface area contributed by atoms with E-state index in [9.17, 15) is 23.6 Å². The lowest BCUT2D eigenvalue weighted by molar-refractivity contribution is -0.138. The Balaban J connectivity index is 1.11. The average molecular weight is 804 g/mol. The van der Waals surface area contributed by atoms with Crippen molar-refractivity contribution in [1.29, 1.82) is 0 Å². The Labute approximate surface area is 336 Å². The number of carbonyl (C=O) groups is 4. The van der Waals surface area contributed by atoms with Crippen LogP contribution in [0.1, 0.15) is 62.9 Å². The molecule has 0 unspecified atom stereocenters. The number of nitrogens with one attached hydrogen (secondary N) is 3. The van der Waals surface area contributed by atoms with Crippen LogP contribution in [0.15, 0.2) is 66.9 Å². The first-order valence-corrected chi connectivity index (χ1v) is 20.4. The first-order valence-electron chi connectivity index (χ1n) is 20.4. The zero-order valence-corrected chi connectivity index (χ0v) is 32.8. The van der Waals surface area contributed by atoms with Gasteiger partial charge in [-0.3, -0.25) is 19.3 Å². The maximum Gasteiger partial charge on any atom is 0.318 e. The molecule has 58 heavy (non-hydrogen) atoms. The molecule has 5 amide bonds. The SMILES string of the molecule is C[C@@H](CNC(=O)C1CCC(CN2C(=O)C=CC2=O)CC1)NC(=O)N(C[C@@H]1CNC[C@@H]1F)[C@@H](c1nc(-c2cc(F)ccc2F)cn1Cc1ccccc1)C1CCOCC1. The molecule has 1 aromatic heterocycles. The summed E-state index contributed by atoms with van der Waals surface area (Å²) < 4.78 is 52.8. The van der Waals surface area contributed by atoms with Crippen LogP contribution in [-0.2, 0) is 25.7 Å². The van der Waals surface area contributed by atoms with Crippen LogP contribution in [-0.4, -0.2) is 101 Å². The van der Waals surface area contributed by atoms with E-state index in [1.54, 1.807) is 18.0 Å². The van der Waals surface area contributed by atoms with Crippen molar-refractivity contribution >= 4 is 23.8 Å². The second-order valence-electron chi connectivity index (χ2n) is 16.1. The fourth-order valence-corrected chi connectivity index (χ4v) is 8.71. The van der Waals surface area contributed by atoms with Gasteiger partial charge in [-0.2, -0.15) is 0 Å². The molecule has 4 heterocycles. The van der Waals surface area contributed by atoms with E-state index >= 15 is 8.78 Å². The van der Waals surface area contributed by atoms with E-state index in [1.165, 1.54) is 17.1 Å². The predicted molar refractivity (Wildman–Crippen MR) is 210 cm³/mol. The highest BCUT2D eigenvalue weighted by Crippen LogP contribution is 2.38. The number of alkyl halides is 1. The molecule has 0 bridgehead atoms. The van der Waals surface area contributed by atoms with Gasteiger partial charge in [-0.05, 0) is 81.0 Å². The molecular formula is C43H52F3N7O5. The van der Waals surface area contributed by atoms with Gasteiger partial charge in [0.05, 0.1) is 11.7 Å². The fraction of sp³-hybridized carbons (Fsp3) is 0.512. The number of amides is 5. The molecule has 0 radical (unpaired) electrons. The van der Waals surface area contributed by atoms with Crippen molar-refractivity contribution in [2.24, 2.45) is 23.7 Å². The molecule has 3 N–H and O–H groups in total. The number of benzene rings is 2. The number of urea groups is 1. The lowest BCUT2D eigenvalue weighted by Gasteiger charge is -2.40. The fourth-order valence-electron chi connectivity index (χ4n) is 8.71. The predicted octanol–water partition coefficient (Wildman–Crippen LogP) is 5.15. The summed E-state index contributed by atoms with van der Waals surface area (Å²) in [5.41, 5.74) is 1.14. The number of rotatable bonds is 14. The molecule has 12 nitrogen and oxygen atoms in total. The van der Waals surface area contributed by atoms with Gasteiger partial charge in [0.2, 0.25) is 5.91 Å². The van der Waals surface area contributed by atoms with Crippen LogP contribution in [0.3, 0.4) is 0 Å². The molecule has 3 fully saturated rings. The van der Waals surface area contributed by atoms with Gasteiger partial charge in [0.15, 0.2) is 0 Å². The molecule has 0 spiro atoms. The van der Waals surface area contributed by atoms with Gasteiger partial charge in [-0.25, -0.2) is 22.9 Å². The van der Waals surface area contributed by atoms with E-state index < -0.39 is 41.8 Å². The van der Waals surface area contributed by atoms with Crippen LogP contribution < -0.4 is 16.0 Å². The minimum absolute atomic E-state index is 0.00875. The average Bonchev–Trinajstić information content (AvgIpc) is 3.93. The monoisotopic (exact) mass is 803 g/mol. The number of hydrogen-bond acceptors (Lipinski definition) is 7. The summed E-state index contributed by atoms with van der Waals surface area (Å²) in [5.74, 6) is -2.26. The Bertz CT molecular complexity index is 1950. The summed E-state index contributed by atoms with van der Waals surface area (Å²) >= 11 is 0. The number of imidazole rings is 1. The molecule has 2 saturated heterocycles. The van der Waals surface area contributed by atoms with Gasteiger partial charge in [0.1, 0.15) is 23.6 Å². The van der Waals surface area contributed by atoms with Crippen LogP contribution in [0, 0.1) is 35.3 Å². The van der Waals surface area contributed by atoms with Crippen LogP contribution >= 0.6 is 0 Å². The number of halogens is 3. The first kappa shape index (κ1) is 41.2. The summed E-state index contributed by atoms with van der Waals surface area (Å²) in [5, 5.41) is 9.17. The number of aromatic nitrogens is 2. The van der Waals surface area contributed by atoms with Crippen LogP contribution in [0.5, 0.6) is 0 Å². The third kappa shape index (κ3) is 9.80. The topological polar surface area (TPSA) is 138 Å². The van der Waals surface area contributed by atoms with Crippen molar-refractivity contribution in [3.63, 3.8) is 0 Å². The minimum atomic E-state index is -1.19.